The summed E-state index contributed by atoms with van der Waals surface area (Å²) in [6.07, 6.45) is 13.0. The van der Waals surface area contributed by atoms with Crippen molar-refractivity contribution in [3.05, 3.63) is 18.7 Å². The number of unbranched alkanes of at least 4 members (excludes halogenated alkanes) is 1. The van der Waals surface area contributed by atoms with Crippen LogP contribution in [0.4, 0.5) is 0 Å². The van der Waals surface area contributed by atoms with Crippen molar-refractivity contribution in [2.45, 2.75) is 45.1 Å². The van der Waals surface area contributed by atoms with Gasteiger partial charge in [-0.2, -0.15) is 0 Å². The summed E-state index contributed by atoms with van der Waals surface area (Å²) in [6, 6.07) is 0. The maximum Gasteiger partial charge on any atom is 0.0968 e. The smallest absolute Gasteiger partial charge is 0.0968 e. The quantitative estimate of drug-likeness (QED) is 0.466. The summed E-state index contributed by atoms with van der Waals surface area (Å²) in [5, 5.41) is 0. The van der Waals surface area contributed by atoms with E-state index in [-0.39, 0.29) is 0 Å². The average molecular weight is 234 g/mol. The molecule has 0 amide bonds. The van der Waals surface area contributed by atoms with Crippen LogP contribution in [-0.4, -0.2) is 21.9 Å². The van der Waals surface area contributed by atoms with Crippen molar-refractivity contribution >= 4 is 5.84 Å². The van der Waals surface area contributed by atoms with Gasteiger partial charge in [0.1, 0.15) is 0 Å². The molecular formula is C13H22N4. The van der Waals surface area contributed by atoms with E-state index in [0.29, 0.717) is 5.92 Å². The molecule has 1 aliphatic carbocycles. The summed E-state index contributed by atoms with van der Waals surface area (Å²) in [5.41, 5.74) is 5.99. The highest BCUT2D eigenvalue weighted by atomic mass is 15.0. The first-order chi connectivity index (χ1) is 8.36. The molecule has 1 fully saturated rings. The van der Waals surface area contributed by atoms with E-state index < -0.39 is 0 Å². The Morgan fingerprint density at radius 2 is 2.18 bits per heavy atom. The van der Waals surface area contributed by atoms with E-state index in [1.54, 1.807) is 0 Å². The molecule has 2 rings (SSSR count). The number of aliphatic imine (C=N–C) groups is 1. The zero-order valence-electron chi connectivity index (χ0n) is 10.4. The Bertz CT molecular complexity index is 336. The second kappa shape index (κ2) is 6.42. The SMILES string of the molecule is NC(=NCCCCn1ccnc1)C1CCCC1. The number of hydrogen-bond acceptors (Lipinski definition) is 2. The van der Waals surface area contributed by atoms with Crippen LogP contribution in [0.5, 0.6) is 0 Å². The van der Waals surface area contributed by atoms with Crippen molar-refractivity contribution in [3.8, 4) is 0 Å². The van der Waals surface area contributed by atoms with Crippen molar-refractivity contribution in [1.29, 1.82) is 0 Å². The number of hydrogen-bond donors (Lipinski definition) is 1. The minimum absolute atomic E-state index is 0.573. The molecule has 4 nitrogen and oxygen atoms in total. The molecule has 0 atom stereocenters. The van der Waals surface area contributed by atoms with Gasteiger partial charge < -0.3 is 10.3 Å². The molecule has 1 saturated carbocycles. The second-order valence-electron chi connectivity index (χ2n) is 4.80. The molecule has 0 bridgehead atoms. The van der Waals surface area contributed by atoms with E-state index in [9.17, 15) is 0 Å². The molecule has 0 unspecified atom stereocenters. The van der Waals surface area contributed by atoms with E-state index in [0.717, 1.165) is 31.8 Å². The van der Waals surface area contributed by atoms with Crippen molar-refractivity contribution < 1.29 is 0 Å². The summed E-state index contributed by atoms with van der Waals surface area (Å²) >= 11 is 0. The number of nitrogens with two attached hydrogens (primary N) is 1. The Hall–Kier alpha value is -1.32. The first kappa shape index (κ1) is 12.1. The summed E-state index contributed by atoms with van der Waals surface area (Å²) in [4.78, 5) is 8.51. The molecule has 0 saturated heterocycles. The van der Waals surface area contributed by atoms with Crippen LogP contribution in [0, 0.1) is 5.92 Å². The number of rotatable bonds is 6. The van der Waals surface area contributed by atoms with E-state index in [2.05, 4.69) is 14.5 Å². The van der Waals surface area contributed by atoms with Gasteiger partial charge in [0, 0.05) is 31.4 Å². The lowest BCUT2D eigenvalue weighted by molar-refractivity contribution is 0.612. The first-order valence-corrected chi connectivity index (χ1v) is 6.62. The molecule has 4 heteroatoms. The van der Waals surface area contributed by atoms with Crippen LogP contribution in [0.25, 0.3) is 0 Å². The zero-order valence-corrected chi connectivity index (χ0v) is 10.4. The van der Waals surface area contributed by atoms with Crippen molar-refractivity contribution in [1.82, 2.24) is 9.55 Å². The van der Waals surface area contributed by atoms with E-state index in [4.69, 9.17) is 5.73 Å². The van der Waals surface area contributed by atoms with Gasteiger partial charge in [-0.05, 0) is 25.7 Å². The Kier molecular flexibility index (Phi) is 4.59. The molecule has 0 radical (unpaired) electrons. The normalized spacial score (nSPS) is 17.8. The standard InChI is InChI=1S/C13H22N4/c14-13(12-5-1-2-6-12)16-7-3-4-9-17-10-8-15-11-17/h8,10-12H,1-7,9H2,(H2,14,16). The molecule has 2 N–H and O–H groups in total. The predicted molar refractivity (Wildman–Crippen MR) is 69.9 cm³/mol. The molecule has 0 aromatic carbocycles. The third-order valence-electron chi connectivity index (χ3n) is 3.45. The Labute approximate surface area is 103 Å². The first-order valence-electron chi connectivity index (χ1n) is 6.62. The van der Waals surface area contributed by atoms with E-state index in [1.165, 1.54) is 25.7 Å². The van der Waals surface area contributed by atoms with Crippen LogP contribution in [0.15, 0.2) is 23.7 Å². The minimum atomic E-state index is 0.573. The fourth-order valence-corrected chi connectivity index (χ4v) is 2.38. The van der Waals surface area contributed by atoms with Crippen molar-refractivity contribution in [2.24, 2.45) is 16.6 Å². The van der Waals surface area contributed by atoms with Gasteiger partial charge in [0.05, 0.1) is 12.2 Å². The number of nitrogens with zero attached hydrogens (tertiary/aromatic N) is 3. The highest BCUT2D eigenvalue weighted by Gasteiger charge is 2.17. The van der Waals surface area contributed by atoms with E-state index >= 15 is 0 Å². The van der Waals surface area contributed by atoms with Gasteiger partial charge in [-0.25, -0.2) is 4.98 Å². The van der Waals surface area contributed by atoms with Crippen LogP contribution in [0.3, 0.4) is 0 Å². The van der Waals surface area contributed by atoms with Gasteiger partial charge in [0.15, 0.2) is 0 Å². The van der Waals surface area contributed by atoms with Gasteiger partial charge in [0.2, 0.25) is 0 Å². The highest BCUT2D eigenvalue weighted by molar-refractivity contribution is 5.83. The number of amidine groups is 1. The lowest BCUT2D eigenvalue weighted by Crippen LogP contribution is -2.21. The molecular weight excluding hydrogens is 212 g/mol. The van der Waals surface area contributed by atoms with Gasteiger partial charge >= 0.3 is 0 Å². The summed E-state index contributed by atoms with van der Waals surface area (Å²) in [6.45, 7) is 1.90. The van der Waals surface area contributed by atoms with Gasteiger partial charge in [0.25, 0.3) is 0 Å². The average Bonchev–Trinajstić information content (AvgIpc) is 3.01. The van der Waals surface area contributed by atoms with E-state index in [1.807, 2.05) is 18.7 Å². The van der Waals surface area contributed by atoms with Crippen LogP contribution >= 0.6 is 0 Å². The second-order valence-corrected chi connectivity index (χ2v) is 4.80. The van der Waals surface area contributed by atoms with Gasteiger partial charge in [-0.1, -0.05) is 12.8 Å². The molecule has 1 aliphatic rings. The summed E-state index contributed by atoms with van der Waals surface area (Å²) < 4.78 is 2.10. The maximum absolute atomic E-state index is 5.99. The number of imidazole rings is 1. The fourth-order valence-electron chi connectivity index (χ4n) is 2.38. The van der Waals surface area contributed by atoms with Crippen molar-refractivity contribution in [3.63, 3.8) is 0 Å². The topological polar surface area (TPSA) is 56.2 Å². The lowest BCUT2D eigenvalue weighted by atomic mass is 10.1. The third-order valence-corrected chi connectivity index (χ3v) is 3.45. The number of aryl methyl sites for hydroxylation is 1. The molecule has 0 aliphatic heterocycles. The van der Waals surface area contributed by atoms with Crippen LogP contribution < -0.4 is 5.73 Å². The maximum atomic E-state index is 5.99. The molecule has 17 heavy (non-hydrogen) atoms. The largest absolute Gasteiger partial charge is 0.387 e. The van der Waals surface area contributed by atoms with Crippen LogP contribution in [-0.2, 0) is 6.54 Å². The molecule has 0 spiro atoms. The predicted octanol–water partition coefficient (Wildman–Crippen LogP) is 2.21. The zero-order chi connectivity index (χ0) is 11.9. The Balaban J connectivity index is 1.60. The Morgan fingerprint density at radius 3 is 2.88 bits per heavy atom. The minimum Gasteiger partial charge on any atom is -0.387 e. The van der Waals surface area contributed by atoms with Crippen LogP contribution in [0.1, 0.15) is 38.5 Å². The molecule has 1 aromatic rings. The van der Waals surface area contributed by atoms with Gasteiger partial charge in [-0.3, -0.25) is 4.99 Å². The fraction of sp³-hybridized carbons (Fsp3) is 0.692. The highest BCUT2D eigenvalue weighted by Crippen LogP contribution is 2.24. The third kappa shape index (κ3) is 3.88. The van der Waals surface area contributed by atoms with Crippen LogP contribution in [0.2, 0.25) is 0 Å². The summed E-state index contributed by atoms with van der Waals surface area (Å²) in [5.74, 6) is 1.47. The van der Waals surface area contributed by atoms with Crippen molar-refractivity contribution in [2.75, 3.05) is 6.54 Å². The molecule has 94 valence electrons. The molecule has 1 aromatic heterocycles. The Morgan fingerprint density at radius 1 is 1.35 bits per heavy atom. The summed E-state index contributed by atoms with van der Waals surface area (Å²) in [7, 11) is 0. The van der Waals surface area contributed by atoms with Gasteiger partial charge in [-0.15, -0.1) is 0 Å². The number of aromatic nitrogens is 2. The monoisotopic (exact) mass is 234 g/mol. The lowest BCUT2D eigenvalue weighted by Gasteiger charge is -2.08. The molecule has 1 heterocycles.